The van der Waals surface area contributed by atoms with Crippen LogP contribution in [0.4, 0.5) is 0 Å². The van der Waals surface area contributed by atoms with E-state index < -0.39 is 15.6 Å². The highest BCUT2D eigenvalue weighted by Gasteiger charge is 2.45. The first kappa shape index (κ1) is 12.8. The number of nitrogens with one attached hydrogen (secondary N) is 1. The zero-order valence-electron chi connectivity index (χ0n) is 8.59. The van der Waals surface area contributed by atoms with Gasteiger partial charge < -0.3 is 0 Å². The maximum atomic E-state index is 12.1. The molecule has 16 heavy (non-hydrogen) atoms. The van der Waals surface area contributed by atoms with E-state index in [0.717, 1.165) is 21.5 Å². The van der Waals surface area contributed by atoms with Crippen molar-refractivity contribution in [1.29, 1.82) is 0 Å². The Hall–Kier alpha value is 0.380. The Labute approximate surface area is 112 Å². The highest BCUT2D eigenvalue weighted by molar-refractivity contribution is 9.11. The van der Waals surface area contributed by atoms with E-state index >= 15 is 0 Å². The molecule has 0 atom stereocenters. The van der Waals surface area contributed by atoms with Gasteiger partial charge in [-0.3, -0.25) is 0 Å². The van der Waals surface area contributed by atoms with Crippen molar-refractivity contribution in [2.45, 2.75) is 30.2 Å². The lowest BCUT2D eigenvalue weighted by Gasteiger charge is -2.13. The number of rotatable bonds is 4. The van der Waals surface area contributed by atoms with Crippen LogP contribution in [-0.2, 0) is 10.0 Å². The average Bonchev–Trinajstić information content (AvgIpc) is 2.85. The first-order chi connectivity index (χ1) is 7.38. The van der Waals surface area contributed by atoms with Crippen LogP contribution in [0.2, 0.25) is 0 Å². The summed E-state index contributed by atoms with van der Waals surface area (Å²) in [6.07, 6.45) is 1.64. The molecule has 1 saturated carbocycles. The summed E-state index contributed by atoms with van der Waals surface area (Å²) < 4.78 is 27.7. The van der Waals surface area contributed by atoms with Gasteiger partial charge in [-0.25, -0.2) is 13.1 Å². The lowest BCUT2D eigenvalue weighted by atomic mass is 10.4. The summed E-state index contributed by atoms with van der Waals surface area (Å²) in [4.78, 5) is 1.13. The largest absolute Gasteiger partial charge is 0.242 e. The van der Waals surface area contributed by atoms with Crippen LogP contribution in [0.3, 0.4) is 0 Å². The zero-order chi connectivity index (χ0) is 12.0. The maximum absolute atomic E-state index is 12.1. The zero-order valence-corrected chi connectivity index (χ0v) is 12.6. The second-order valence-corrected chi connectivity index (χ2v) is 8.54. The van der Waals surface area contributed by atoms with Gasteiger partial charge in [0.05, 0.1) is 8.68 Å². The van der Waals surface area contributed by atoms with Crippen molar-refractivity contribution < 1.29 is 8.42 Å². The summed E-state index contributed by atoms with van der Waals surface area (Å²) in [6, 6.07) is 1.63. The molecule has 2 rings (SSSR count). The molecule has 1 heterocycles. The fourth-order valence-electron chi connectivity index (χ4n) is 1.45. The molecular weight excluding hydrogens is 334 g/mol. The summed E-state index contributed by atoms with van der Waals surface area (Å²) >= 11 is 10.5. The molecule has 0 saturated heterocycles. The van der Waals surface area contributed by atoms with Gasteiger partial charge >= 0.3 is 0 Å². The Morgan fingerprint density at radius 3 is 2.62 bits per heavy atom. The highest BCUT2D eigenvalue weighted by Crippen LogP contribution is 2.39. The van der Waals surface area contributed by atoms with Crippen LogP contribution in [0.15, 0.2) is 14.7 Å². The van der Waals surface area contributed by atoms with Crippen molar-refractivity contribution in [2.24, 2.45) is 0 Å². The van der Waals surface area contributed by atoms with E-state index in [1.807, 2.05) is 0 Å². The molecule has 1 aliphatic rings. The van der Waals surface area contributed by atoms with Gasteiger partial charge in [0.2, 0.25) is 10.0 Å². The first-order valence-electron chi connectivity index (χ1n) is 4.74. The lowest BCUT2D eigenvalue weighted by molar-refractivity contribution is 0.559. The number of sulfonamides is 1. The number of aryl methyl sites for hydroxylation is 1. The third-order valence-corrected chi connectivity index (χ3v) is 6.49. The molecular formula is C9H11BrClNO2S2. The normalized spacial score (nSPS) is 18.7. The van der Waals surface area contributed by atoms with E-state index in [-0.39, 0.29) is 0 Å². The topological polar surface area (TPSA) is 46.2 Å². The average molecular weight is 345 g/mol. The number of hydrogen-bond donors (Lipinski definition) is 1. The van der Waals surface area contributed by atoms with Gasteiger partial charge in [-0.2, -0.15) is 0 Å². The number of hydrogen-bond acceptors (Lipinski definition) is 3. The predicted molar refractivity (Wildman–Crippen MR) is 69.8 cm³/mol. The standard InChI is InChI=1S/C9H11BrClNO2S2/c1-6-7(4-8(10)15-6)16(13,14)12-9(5-11)2-3-9/h4,12H,2-3,5H2,1H3. The monoisotopic (exact) mass is 343 g/mol. The Balaban J connectivity index is 2.29. The number of halogens is 2. The number of thiophene rings is 1. The van der Waals surface area contributed by atoms with Gasteiger partial charge in [-0.1, -0.05) is 0 Å². The van der Waals surface area contributed by atoms with Crippen LogP contribution in [0.5, 0.6) is 0 Å². The minimum absolute atomic E-state index is 0.330. The summed E-state index contributed by atoms with van der Waals surface area (Å²) in [7, 11) is -3.43. The van der Waals surface area contributed by atoms with E-state index in [4.69, 9.17) is 11.6 Å². The Morgan fingerprint density at radius 2 is 2.25 bits per heavy atom. The third kappa shape index (κ3) is 2.46. The third-order valence-electron chi connectivity index (χ3n) is 2.59. The van der Waals surface area contributed by atoms with Crippen molar-refractivity contribution in [2.75, 3.05) is 5.88 Å². The molecule has 1 N–H and O–H groups in total. The molecule has 0 radical (unpaired) electrons. The van der Waals surface area contributed by atoms with Gasteiger partial charge in [0, 0.05) is 16.3 Å². The minimum Gasteiger partial charge on any atom is -0.207 e. The lowest BCUT2D eigenvalue weighted by Crippen LogP contribution is -2.38. The molecule has 0 bridgehead atoms. The quantitative estimate of drug-likeness (QED) is 0.854. The van der Waals surface area contributed by atoms with E-state index in [9.17, 15) is 8.42 Å². The fourth-order valence-corrected chi connectivity index (χ4v) is 5.74. The second kappa shape index (κ2) is 4.24. The van der Waals surface area contributed by atoms with Crippen LogP contribution in [-0.4, -0.2) is 19.8 Å². The Bertz CT molecular complexity index is 508. The van der Waals surface area contributed by atoms with Crippen LogP contribution in [0.1, 0.15) is 17.7 Å². The van der Waals surface area contributed by atoms with Gasteiger partial charge in [-0.15, -0.1) is 22.9 Å². The first-order valence-corrected chi connectivity index (χ1v) is 8.37. The molecule has 0 unspecified atom stereocenters. The Kier molecular flexibility index (Phi) is 3.40. The highest BCUT2D eigenvalue weighted by atomic mass is 79.9. The van der Waals surface area contributed by atoms with E-state index in [0.29, 0.717) is 10.8 Å². The van der Waals surface area contributed by atoms with Crippen LogP contribution >= 0.6 is 38.9 Å². The van der Waals surface area contributed by atoms with Gasteiger partial charge in [-0.05, 0) is 41.8 Å². The minimum atomic E-state index is -3.43. The summed E-state index contributed by atoms with van der Waals surface area (Å²) in [5.41, 5.74) is -0.402. The van der Waals surface area contributed by atoms with Crippen molar-refractivity contribution >= 4 is 48.9 Å². The predicted octanol–water partition coefficient (Wildman–Crippen LogP) is 2.87. The second-order valence-electron chi connectivity index (χ2n) is 3.99. The van der Waals surface area contributed by atoms with Crippen LogP contribution in [0.25, 0.3) is 0 Å². The van der Waals surface area contributed by atoms with Crippen LogP contribution in [0, 0.1) is 6.92 Å². The smallest absolute Gasteiger partial charge is 0.207 e. The maximum Gasteiger partial charge on any atom is 0.242 e. The van der Waals surface area contributed by atoms with Gasteiger partial charge in [0.1, 0.15) is 0 Å². The molecule has 1 aromatic rings. The van der Waals surface area contributed by atoms with Crippen molar-refractivity contribution in [1.82, 2.24) is 4.72 Å². The molecule has 0 spiro atoms. The van der Waals surface area contributed by atoms with Gasteiger partial charge in [0.25, 0.3) is 0 Å². The molecule has 7 heteroatoms. The molecule has 0 aromatic carbocycles. The molecule has 1 aliphatic carbocycles. The van der Waals surface area contributed by atoms with Crippen molar-refractivity contribution in [3.8, 4) is 0 Å². The molecule has 1 fully saturated rings. The molecule has 0 amide bonds. The molecule has 90 valence electrons. The van der Waals surface area contributed by atoms with Crippen LogP contribution < -0.4 is 4.72 Å². The number of alkyl halides is 1. The summed E-state index contributed by atoms with van der Waals surface area (Å²) in [5, 5.41) is 0. The SMILES string of the molecule is Cc1sc(Br)cc1S(=O)(=O)NC1(CCl)CC1. The van der Waals surface area contributed by atoms with Crippen molar-refractivity contribution in [3.05, 3.63) is 14.7 Å². The van der Waals surface area contributed by atoms with E-state index in [1.54, 1.807) is 13.0 Å². The van der Waals surface area contributed by atoms with Gasteiger partial charge in [0.15, 0.2) is 0 Å². The van der Waals surface area contributed by atoms with Crippen molar-refractivity contribution in [3.63, 3.8) is 0 Å². The Morgan fingerprint density at radius 1 is 1.62 bits per heavy atom. The summed E-state index contributed by atoms with van der Waals surface area (Å²) in [6.45, 7) is 1.80. The molecule has 1 aromatic heterocycles. The summed E-state index contributed by atoms with van der Waals surface area (Å²) in [5.74, 6) is 0.330. The fraction of sp³-hybridized carbons (Fsp3) is 0.556. The van der Waals surface area contributed by atoms with E-state index in [2.05, 4.69) is 20.7 Å². The molecule has 3 nitrogen and oxygen atoms in total. The molecule has 0 aliphatic heterocycles. The van der Waals surface area contributed by atoms with E-state index in [1.165, 1.54) is 11.3 Å².